The van der Waals surface area contributed by atoms with Gasteiger partial charge in [0.1, 0.15) is 5.82 Å². The van der Waals surface area contributed by atoms with Crippen molar-refractivity contribution in [3.05, 3.63) is 39.7 Å². The van der Waals surface area contributed by atoms with Gasteiger partial charge in [0, 0.05) is 32.2 Å². The number of piperazine rings is 1. The van der Waals surface area contributed by atoms with Gasteiger partial charge in [-0.05, 0) is 6.07 Å². The summed E-state index contributed by atoms with van der Waals surface area (Å²) < 4.78 is 18.2. The van der Waals surface area contributed by atoms with E-state index in [1.807, 2.05) is 0 Å². The molecule has 21 heavy (non-hydrogen) atoms. The number of hydrogen-bond donors (Lipinski definition) is 1. The van der Waals surface area contributed by atoms with Crippen molar-refractivity contribution >= 4 is 17.7 Å². The third kappa shape index (κ3) is 3.51. The van der Waals surface area contributed by atoms with Gasteiger partial charge in [0.25, 0.3) is 5.69 Å². The second-order valence-electron chi connectivity index (χ2n) is 4.31. The van der Waals surface area contributed by atoms with Gasteiger partial charge in [-0.15, -0.1) is 0 Å². The predicted octanol–water partition coefficient (Wildman–Crippen LogP) is 0.916. The SMILES string of the molecule is O=C(OC(=O)N1CCNCC1)c1ccc([N+](=O)[O-])cc1F. The number of halogens is 1. The van der Waals surface area contributed by atoms with Gasteiger partial charge in [0.15, 0.2) is 0 Å². The van der Waals surface area contributed by atoms with E-state index in [9.17, 15) is 24.1 Å². The summed E-state index contributed by atoms with van der Waals surface area (Å²) in [6.07, 6.45) is -0.862. The Labute approximate surface area is 118 Å². The van der Waals surface area contributed by atoms with Crippen LogP contribution in [0.3, 0.4) is 0 Å². The highest BCUT2D eigenvalue weighted by Gasteiger charge is 2.24. The van der Waals surface area contributed by atoms with Crippen LogP contribution in [0, 0.1) is 15.9 Å². The fraction of sp³-hybridized carbons (Fsp3) is 0.333. The number of non-ortho nitro benzene ring substituents is 1. The summed E-state index contributed by atoms with van der Waals surface area (Å²) in [5.74, 6) is -2.28. The molecule has 0 bridgehead atoms. The third-order valence-electron chi connectivity index (χ3n) is 2.94. The van der Waals surface area contributed by atoms with Gasteiger partial charge in [-0.3, -0.25) is 10.1 Å². The van der Waals surface area contributed by atoms with E-state index in [0.29, 0.717) is 32.2 Å². The first-order valence-corrected chi connectivity index (χ1v) is 6.15. The van der Waals surface area contributed by atoms with Crippen molar-refractivity contribution < 1.29 is 23.6 Å². The predicted molar refractivity (Wildman–Crippen MR) is 68.3 cm³/mol. The fourth-order valence-corrected chi connectivity index (χ4v) is 1.83. The normalized spacial score (nSPS) is 14.6. The van der Waals surface area contributed by atoms with Gasteiger partial charge in [0.05, 0.1) is 16.6 Å². The highest BCUT2D eigenvalue weighted by atomic mass is 19.1. The Morgan fingerprint density at radius 1 is 1.33 bits per heavy atom. The van der Waals surface area contributed by atoms with E-state index in [0.717, 1.165) is 12.1 Å². The molecule has 1 aliphatic heterocycles. The van der Waals surface area contributed by atoms with Crippen molar-refractivity contribution in [2.24, 2.45) is 0 Å². The molecule has 0 atom stereocenters. The number of nitrogens with one attached hydrogen (secondary N) is 1. The van der Waals surface area contributed by atoms with Crippen molar-refractivity contribution in [2.75, 3.05) is 26.2 Å². The molecule has 9 heteroatoms. The van der Waals surface area contributed by atoms with Gasteiger partial charge >= 0.3 is 12.1 Å². The molecule has 0 aliphatic carbocycles. The number of amides is 1. The van der Waals surface area contributed by atoms with Crippen LogP contribution >= 0.6 is 0 Å². The number of rotatable bonds is 2. The Morgan fingerprint density at radius 3 is 2.57 bits per heavy atom. The van der Waals surface area contributed by atoms with Crippen molar-refractivity contribution in [2.45, 2.75) is 0 Å². The summed E-state index contributed by atoms with van der Waals surface area (Å²) in [4.78, 5) is 34.4. The van der Waals surface area contributed by atoms with Crippen LogP contribution < -0.4 is 5.32 Å². The van der Waals surface area contributed by atoms with E-state index in [2.05, 4.69) is 10.1 Å². The number of benzene rings is 1. The largest absolute Gasteiger partial charge is 0.417 e. The Balaban J connectivity index is 2.06. The lowest BCUT2D eigenvalue weighted by Gasteiger charge is -2.25. The lowest BCUT2D eigenvalue weighted by atomic mass is 10.2. The molecule has 112 valence electrons. The minimum atomic E-state index is -1.18. The minimum Gasteiger partial charge on any atom is -0.372 e. The molecule has 2 rings (SSSR count). The van der Waals surface area contributed by atoms with Gasteiger partial charge in [-0.1, -0.05) is 0 Å². The molecular formula is C12H12FN3O5. The van der Waals surface area contributed by atoms with Crippen LogP contribution in [0.1, 0.15) is 10.4 Å². The number of ether oxygens (including phenoxy) is 1. The average Bonchev–Trinajstić information content (AvgIpc) is 2.47. The van der Waals surface area contributed by atoms with Gasteiger partial charge in [0.2, 0.25) is 0 Å². The first-order chi connectivity index (χ1) is 9.99. The quantitative estimate of drug-likeness (QED) is 0.377. The van der Waals surface area contributed by atoms with Crippen molar-refractivity contribution in [1.29, 1.82) is 0 Å². The molecule has 0 saturated carbocycles. The van der Waals surface area contributed by atoms with Crippen molar-refractivity contribution in [3.8, 4) is 0 Å². The van der Waals surface area contributed by atoms with Crippen LogP contribution in [-0.4, -0.2) is 48.1 Å². The minimum absolute atomic E-state index is 0.384. The maximum absolute atomic E-state index is 13.6. The first-order valence-electron chi connectivity index (χ1n) is 6.15. The molecule has 1 aliphatic rings. The number of carbonyl (C=O) groups is 2. The van der Waals surface area contributed by atoms with Crippen LogP contribution in [-0.2, 0) is 4.74 Å². The number of hydrogen-bond acceptors (Lipinski definition) is 6. The lowest BCUT2D eigenvalue weighted by Crippen LogP contribution is -2.47. The number of nitro groups is 1. The third-order valence-corrected chi connectivity index (χ3v) is 2.94. The summed E-state index contributed by atoms with van der Waals surface area (Å²) in [5, 5.41) is 13.5. The molecule has 8 nitrogen and oxygen atoms in total. The van der Waals surface area contributed by atoms with E-state index >= 15 is 0 Å². The second-order valence-corrected chi connectivity index (χ2v) is 4.31. The molecule has 1 heterocycles. The topological polar surface area (TPSA) is 102 Å². The maximum atomic E-state index is 13.6. The van der Waals surface area contributed by atoms with Crippen LogP contribution in [0.15, 0.2) is 18.2 Å². The van der Waals surface area contributed by atoms with Gasteiger partial charge in [-0.25, -0.2) is 14.0 Å². The van der Waals surface area contributed by atoms with Gasteiger partial charge in [-0.2, -0.15) is 0 Å². The zero-order chi connectivity index (χ0) is 15.4. The fourth-order valence-electron chi connectivity index (χ4n) is 1.83. The molecule has 0 radical (unpaired) electrons. The Bertz CT molecular complexity index is 586. The van der Waals surface area contributed by atoms with Crippen LogP contribution in [0.25, 0.3) is 0 Å². The summed E-state index contributed by atoms with van der Waals surface area (Å²) in [6, 6.07) is 2.49. The van der Waals surface area contributed by atoms with E-state index in [-0.39, 0.29) is 0 Å². The van der Waals surface area contributed by atoms with E-state index in [1.165, 1.54) is 4.90 Å². The molecule has 1 amide bonds. The molecule has 0 aromatic heterocycles. The summed E-state index contributed by atoms with van der Waals surface area (Å²) in [7, 11) is 0. The lowest BCUT2D eigenvalue weighted by molar-refractivity contribution is -0.385. The van der Waals surface area contributed by atoms with Crippen LogP contribution in [0.4, 0.5) is 14.9 Å². The van der Waals surface area contributed by atoms with Gasteiger partial charge < -0.3 is 15.0 Å². The summed E-state index contributed by atoms with van der Waals surface area (Å²) in [6.45, 7) is 1.92. The molecule has 0 spiro atoms. The van der Waals surface area contributed by atoms with E-state index in [1.54, 1.807) is 0 Å². The number of nitrogens with zero attached hydrogens (tertiary/aromatic N) is 2. The molecule has 1 N–H and O–H groups in total. The first kappa shape index (κ1) is 14.9. The Hall–Kier alpha value is -2.55. The molecule has 1 aromatic rings. The van der Waals surface area contributed by atoms with Crippen molar-refractivity contribution in [3.63, 3.8) is 0 Å². The van der Waals surface area contributed by atoms with Crippen molar-refractivity contribution in [1.82, 2.24) is 10.2 Å². The zero-order valence-corrected chi connectivity index (χ0v) is 10.9. The van der Waals surface area contributed by atoms with E-state index < -0.39 is 34.1 Å². The number of carbonyl (C=O) groups excluding carboxylic acids is 2. The van der Waals surface area contributed by atoms with Crippen LogP contribution in [0.2, 0.25) is 0 Å². The number of nitro benzene ring substituents is 1. The molecule has 1 saturated heterocycles. The maximum Gasteiger partial charge on any atom is 0.417 e. The molecule has 1 fully saturated rings. The highest BCUT2D eigenvalue weighted by molar-refractivity contribution is 5.96. The van der Waals surface area contributed by atoms with E-state index in [4.69, 9.17) is 0 Å². The zero-order valence-electron chi connectivity index (χ0n) is 10.9. The smallest absolute Gasteiger partial charge is 0.372 e. The number of esters is 1. The molecule has 0 unspecified atom stereocenters. The molecule has 1 aromatic carbocycles. The Morgan fingerprint density at radius 2 is 2.00 bits per heavy atom. The molecular weight excluding hydrogens is 285 g/mol. The highest BCUT2D eigenvalue weighted by Crippen LogP contribution is 2.17. The standard InChI is InChI=1S/C12H12FN3O5/c13-10-7-8(16(19)20)1-2-9(10)11(17)21-12(18)15-5-3-14-4-6-15/h1-2,7,14H,3-6H2. The monoisotopic (exact) mass is 297 g/mol. The summed E-state index contributed by atoms with van der Waals surface area (Å²) >= 11 is 0. The second kappa shape index (κ2) is 6.27. The summed E-state index contributed by atoms with van der Waals surface area (Å²) in [5.41, 5.74) is -1.01. The Kier molecular flexibility index (Phi) is 4.43. The van der Waals surface area contributed by atoms with Crippen LogP contribution in [0.5, 0.6) is 0 Å². The average molecular weight is 297 g/mol.